The van der Waals surface area contributed by atoms with Gasteiger partial charge in [0.1, 0.15) is 11.5 Å². The molecule has 3 aromatic rings. The van der Waals surface area contributed by atoms with Crippen molar-refractivity contribution < 1.29 is 28.1 Å². The van der Waals surface area contributed by atoms with Crippen LogP contribution in [0.1, 0.15) is 41.1 Å². The minimum absolute atomic E-state index is 0.354. The fraction of sp³-hybridized carbons (Fsp3) is 0.296. The largest absolute Gasteiger partial charge is 0.496 e. The summed E-state index contributed by atoms with van der Waals surface area (Å²) in [4.78, 5) is 11.0. The fourth-order valence-corrected chi connectivity index (χ4v) is 5.68. The average Bonchev–Trinajstić information content (AvgIpc) is 2.83. The first-order chi connectivity index (χ1) is 16.8. The van der Waals surface area contributed by atoms with Crippen LogP contribution in [-0.2, 0) is 22.5 Å². The van der Waals surface area contributed by atoms with Crippen LogP contribution in [0.25, 0.3) is 11.1 Å². The lowest BCUT2D eigenvalue weighted by Gasteiger charge is -2.35. The standard InChI is InChI=1S/C27H29NO6S/c1-17-13-20(14-18(2)27(17)33-3)19-7-4-8-21(15-19)28(35(31)32)24-11-5-10-23-22(24)9-6-12-25(23)34-16-26(29)30/h4,6-9,12-15,24H,5,10-11,16H2,1-3H3,(H,29,30)(H,31,32). The van der Waals surface area contributed by atoms with Crippen molar-refractivity contribution in [2.45, 2.75) is 39.2 Å². The molecule has 0 bridgehead atoms. The summed E-state index contributed by atoms with van der Waals surface area (Å²) in [5, 5.41) is 9.01. The zero-order chi connectivity index (χ0) is 25.1. The third-order valence-corrected chi connectivity index (χ3v) is 7.14. The number of ether oxygens (including phenoxy) is 2. The van der Waals surface area contributed by atoms with Crippen LogP contribution in [0.4, 0.5) is 5.69 Å². The highest BCUT2D eigenvalue weighted by atomic mass is 32.2. The van der Waals surface area contributed by atoms with E-state index in [0.29, 0.717) is 17.9 Å². The third kappa shape index (κ3) is 5.18. The minimum Gasteiger partial charge on any atom is -0.496 e. The molecule has 2 N–H and O–H groups in total. The van der Waals surface area contributed by atoms with Crippen molar-refractivity contribution in [1.29, 1.82) is 0 Å². The number of hydrogen-bond acceptors (Lipinski definition) is 4. The maximum atomic E-state index is 12.7. The molecule has 0 radical (unpaired) electrons. The minimum atomic E-state index is -2.28. The van der Waals surface area contributed by atoms with Gasteiger partial charge < -0.3 is 14.6 Å². The Morgan fingerprint density at radius 3 is 2.46 bits per heavy atom. The summed E-state index contributed by atoms with van der Waals surface area (Å²) in [6.07, 6.45) is 2.19. The van der Waals surface area contributed by atoms with Crippen molar-refractivity contribution >= 4 is 22.9 Å². The molecular weight excluding hydrogens is 466 g/mol. The monoisotopic (exact) mass is 495 g/mol. The number of aryl methyl sites for hydroxylation is 2. The van der Waals surface area contributed by atoms with Crippen LogP contribution < -0.4 is 13.8 Å². The van der Waals surface area contributed by atoms with Gasteiger partial charge >= 0.3 is 5.97 Å². The first-order valence-corrected chi connectivity index (χ1v) is 12.5. The van der Waals surface area contributed by atoms with Crippen molar-refractivity contribution in [2.75, 3.05) is 18.0 Å². The van der Waals surface area contributed by atoms with Crippen molar-refractivity contribution in [3.63, 3.8) is 0 Å². The number of hydrogen-bond donors (Lipinski definition) is 2. The Morgan fingerprint density at radius 1 is 1.09 bits per heavy atom. The molecule has 0 spiro atoms. The lowest BCUT2D eigenvalue weighted by atomic mass is 9.86. The van der Waals surface area contributed by atoms with Gasteiger partial charge in [-0.3, -0.25) is 8.86 Å². The van der Waals surface area contributed by atoms with Crippen LogP contribution in [0.3, 0.4) is 0 Å². The highest BCUT2D eigenvalue weighted by Gasteiger charge is 2.31. The quantitative estimate of drug-likeness (QED) is 0.403. The first kappa shape index (κ1) is 24.8. The van der Waals surface area contributed by atoms with E-state index in [1.54, 1.807) is 19.2 Å². The van der Waals surface area contributed by atoms with E-state index in [4.69, 9.17) is 14.6 Å². The third-order valence-electron chi connectivity index (χ3n) is 6.33. The number of benzene rings is 3. The Hall–Kier alpha value is -3.36. The molecule has 0 amide bonds. The summed E-state index contributed by atoms with van der Waals surface area (Å²) < 4.78 is 35.6. The molecule has 0 heterocycles. The average molecular weight is 496 g/mol. The van der Waals surface area contributed by atoms with E-state index in [2.05, 4.69) is 0 Å². The van der Waals surface area contributed by atoms with Gasteiger partial charge in [0.2, 0.25) is 0 Å². The van der Waals surface area contributed by atoms with Gasteiger partial charge in [-0.1, -0.05) is 24.3 Å². The van der Waals surface area contributed by atoms with Crippen LogP contribution >= 0.6 is 0 Å². The fourth-order valence-electron chi connectivity index (χ4n) is 4.95. The molecule has 3 aromatic carbocycles. The van der Waals surface area contributed by atoms with Gasteiger partial charge in [-0.2, -0.15) is 0 Å². The van der Waals surface area contributed by atoms with Crippen LogP contribution in [0.15, 0.2) is 54.6 Å². The Kier molecular flexibility index (Phi) is 7.42. The van der Waals surface area contributed by atoms with Crippen LogP contribution in [0.2, 0.25) is 0 Å². The zero-order valence-corrected chi connectivity index (χ0v) is 20.8. The number of carboxylic acids is 1. The Labute approximate surface area is 207 Å². The van der Waals surface area contributed by atoms with Gasteiger partial charge in [0.15, 0.2) is 6.61 Å². The van der Waals surface area contributed by atoms with E-state index in [0.717, 1.165) is 52.0 Å². The molecule has 7 nitrogen and oxygen atoms in total. The lowest BCUT2D eigenvalue weighted by Crippen LogP contribution is -2.33. The van der Waals surface area contributed by atoms with Crippen molar-refractivity contribution in [2.24, 2.45) is 0 Å². The number of fused-ring (bicyclic) bond motifs is 1. The number of rotatable bonds is 8. The predicted molar refractivity (Wildman–Crippen MR) is 136 cm³/mol. The molecule has 2 unspecified atom stereocenters. The first-order valence-electron chi connectivity index (χ1n) is 11.4. The summed E-state index contributed by atoms with van der Waals surface area (Å²) in [5.74, 6) is 0.313. The summed E-state index contributed by atoms with van der Waals surface area (Å²) in [6.45, 7) is 3.56. The number of nitrogens with zero attached hydrogens (tertiary/aromatic N) is 1. The molecule has 0 aliphatic heterocycles. The van der Waals surface area contributed by atoms with E-state index < -0.39 is 23.8 Å². The lowest BCUT2D eigenvalue weighted by molar-refractivity contribution is -0.139. The Balaban J connectivity index is 1.73. The second kappa shape index (κ2) is 10.5. The second-order valence-corrected chi connectivity index (χ2v) is 9.52. The maximum Gasteiger partial charge on any atom is 0.341 e. The van der Waals surface area contributed by atoms with E-state index in [9.17, 15) is 13.6 Å². The van der Waals surface area contributed by atoms with Gasteiger partial charge in [0.25, 0.3) is 11.3 Å². The Bertz CT molecular complexity index is 1250. The zero-order valence-electron chi connectivity index (χ0n) is 20.0. The van der Waals surface area contributed by atoms with Crippen LogP contribution in [-0.4, -0.2) is 33.6 Å². The molecule has 1 aliphatic rings. The van der Waals surface area contributed by atoms with Gasteiger partial charge in [-0.05, 0) is 96.8 Å². The molecule has 8 heteroatoms. The molecule has 1 aliphatic carbocycles. The molecule has 0 fully saturated rings. The maximum absolute atomic E-state index is 12.7. The molecule has 184 valence electrons. The predicted octanol–water partition coefficient (Wildman–Crippen LogP) is 5.46. The summed E-state index contributed by atoms with van der Waals surface area (Å²) in [5.41, 5.74) is 6.36. The van der Waals surface area contributed by atoms with E-state index in [1.165, 1.54) is 4.31 Å². The summed E-state index contributed by atoms with van der Waals surface area (Å²) >= 11 is -2.28. The SMILES string of the molecule is COc1c(C)cc(-c2cccc(N(C3CCCc4c(OCC(=O)O)cccc43)S(=O)O)c2)cc1C. The highest BCUT2D eigenvalue weighted by Crippen LogP contribution is 2.42. The van der Waals surface area contributed by atoms with E-state index in [1.807, 2.05) is 56.3 Å². The normalized spacial score (nSPS) is 15.7. The van der Waals surface area contributed by atoms with Crippen molar-refractivity contribution in [3.8, 4) is 22.6 Å². The Morgan fingerprint density at radius 2 is 1.80 bits per heavy atom. The number of anilines is 1. The number of carbonyl (C=O) groups is 1. The van der Waals surface area contributed by atoms with Gasteiger partial charge in [-0.15, -0.1) is 0 Å². The number of methoxy groups -OCH3 is 1. The van der Waals surface area contributed by atoms with Crippen LogP contribution in [0, 0.1) is 13.8 Å². The topological polar surface area (TPSA) is 96.3 Å². The number of aliphatic carboxylic acids is 1. The molecule has 35 heavy (non-hydrogen) atoms. The molecule has 0 saturated heterocycles. The smallest absolute Gasteiger partial charge is 0.341 e. The van der Waals surface area contributed by atoms with Crippen molar-refractivity contribution in [1.82, 2.24) is 0 Å². The van der Waals surface area contributed by atoms with Gasteiger partial charge in [0.05, 0.1) is 18.8 Å². The molecule has 4 rings (SSSR count). The second-order valence-electron chi connectivity index (χ2n) is 8.66. The number of carboxylic acid groups (broad SMARTS) is 1. The van der Waals surface area contributed by atoms with Crippen LogP contribution in [0.5, 0.6) is 11.5 Å². The molecule has 0 aromatic heterocycles. The molecule has 2 atom stereocenters. The summed E-state index contributed by atoms with van der Waals surface area (Å²) in [6, 6.07) is 16.8. The van der Waals surface area contributed by atoms with Gasteiger partial charge in [0, 0.05) is 0 Å². The summed E-state index contributed by atoms with van der Waals surface area (Å²) in [7, 11) is 1.66. The molecule has 0 saturated carbocycles. The highest BCUT2D eigenvalue weighted by molar-refractivity contribution is 7.80. The molecular formula is C27H29NO6S. The van der Waals surface area contributed by atoms with Crippen molar-refractivity contribution in [3.05, 3.63) is 76.9 Å². The van der Waals surface area contributed by atoms with Gasteiger partial charge in [-0.25, -0.2) is 9.00 Å². The van der Waals surface area contributed by atoms with E-state index in [-0.39, 0.29) is 6.04 Å². The van der Waals surface area contributed by atoms with E-state index >= 15 is 0 Å².